The number of anilines is 3. The molecule has 0 spiro atoms. The lowest BCUT2D eigenvalue weighted by Gasteiger charge is -2.13. The zero-order valence-corrected chi connectivity index (χ0v) is 17.8. The number of aromatic nitrogens is 2. The van der Waals surface area contributed by atoms with Gasteiger partial charge < -0.3 is 10.6 Å². The molecule has 0 aliphatic heterocycles. The first-order valence-electron chi connectivity index (χ1n) is 8.72. The monoisotopic (exact) mass is 466 g/mol. The molecule has 0 saturated heterocycles. The predicted molar refractivity (Wildman–Crippen MR) is 114 cm³/mol. The number of nitrogens with one attached hydrogen (secondary N) is 2. The molecule has 1 aliphatic rings. The van der Waals surface area contributed by atoms with Crippen molar-refractivity contribution >= 4 is 37.5 Å². The first kappa shape index (κ1) is 22.6. The normalized spacial score (nSPS) is 15.6. The number of rotatable bonds is 6. The second-order valence-electron chi connectivity index (χ2n) is 6.64. The first-order valence-corrected chi connectivity index (χ1v) is 11.9. The van der Waals surface area contributed by atoms with Gasteiger partial charge in [-0.2, -0.15) is 4.98 Å². The first-order chi connectivity index (χ1) is 14.4. The SMILES string of the molecule is Cc1ccc(Nc2ncc(F)c(NC3=CCC(=CS(N)(=O)=O)C=C3)n2)cc1S(N)(=O)=O. The molecule has 0 amide bonds. The van der Waals surface area contributed by atoms with E-state index in [0.29, 0.717) is 22.5 Å². The van der Waals surface area contributed by atoms with Gasteiger partial charge in [0, 0.05) is 16.8 Å². The molecule has 0 bridgehead atoms. The van der Waals surface area contributed by atoms with E-state index >= 15 is 0 Å². The maximum absolute atomic E-state index is 14.2. The van der Waals surface area contributed by atoms with Crippen molar-refractivity contribution in [2.45, 2.75) is 18.2 Å². The Morgan fingerprint density at radius 2 is 1.87 bits per heavy atom. The maximum atomic E-state index is 14.2. The van der Waals surface area contributed by atoms with Crippen molar-refractivity contribution in [2.24, 2.45) is 10.3 Å². The van der Waals surface area contributed by atoms with E-state index in [-0.39, 0.29) is 23.1 Å². The van der Waals surface area contributed by atoms with E-state index in [9.17, 15) is 21.2 Å². The van der Waals surface area contributed by atoms with Crippen LogP contribution in [0.25, 0.3) is 0 Å². The molecular formula is C18H19FN6O4S2. The number of aryl methyl sites for hydroxylation is 1. The summed E-state index contributed by atoms with van der Waals surface area (Å²) in [4.78, 5) is 7.85. The molecule has 0 saturated carbocycles. The van der Waals surface area contributed by atoms with Gasteiger partial charge in [-0.1, -0.05) is 18.2 Å². The van der Waals surface area contributed by atoms with E-state index in [1.807, 2.05) is 0 Å². The highest BCUT2D eigenvalue weighted by atomic mass is 32.2. The number of nitrogens with zero attached hydrogens (tertiary/aromatic N) is 2. The summed E-state index contributed by atoms with van der Waals surface area (Å²) >= 11 is 0. The average molecular weight is 467 g/mol. The molecule has 31 heavy (non-hydrogen) atoms. The Balaban J connectivity index is 1.79. The minimum absolute atomic E-state index is 0.0170. The summed E-state index contributed by atoms with van der Waals surface area (Å²) in [5.74, 6) is -0.839. The quantitative estimate of drug-likeness (QED) is 0.499. The molecule has 1 aromatic heterocycles. The molecule has 1 aliphatic carbocycles. The molecule has 10 nitrogen and oxygen atoms in total. The van der Waals surface area contributed by atoms with E-state index in [1.165, 1.54) is 12.1 Å². The third-order valence-electron chi connectivity index (χ3n) is 4.11. The third kappa shape index (κ3) is 6.18. The van der Waals surface area contributed by atoms with Crippen LogP contribution in [0.1, 0.15) is 12.0 Å². The standard InChI is InChI=1S/C18H19FN6O4S2/c1-11-2-5-14(8-16(11)31(21,28)29)24-18-22-9-15(19)17(25-18)23-13-6-3-12(4-7-13)10-30(20,26)27/h2-3,5-10H,4H2,1H3,(H2,20,26,27)(H2,21,28,29)(H2,22,23,24,25). The van der Waals surface area contributed by atoms with Crippen molar-refractivity contribution in [1.29, 1.82) is 0 Å². The van der Waals surface area contributed by atoms with E-state index < -0.39 is 25.9 Å². The van der Waals surface area contributed by atoms with Crippen LogP contribution in [0.4, 0.5) is 21.8 Å². The fourth-order valence-electron chi connectivity index (χ4n) is 2.72. The zero-order chi connectivity index (χ0) is 22.8. The second-order valence-corrected chi connectivity index (χ2v) is 9.59. The van der Waals surface area contributed by atoms with Crippen LogP contribution in [0.3, 0.4) is 0 Å². The lowest BCUT2D eigenvalue weighted by atomic mass is 10.1. The fraction of sp³-hybridized carbons (Fsp3) is 0.111. The van der Waals surface area contributed by atoms with Crippen LogP contribution in [-0.4, -0.2) is 26.8 Å². The van der Waals surface area contributed by atoms with Gasteiger partial charge in [0.15, 0.2) is 11.6 Å². The number of halogens is 1. The minimum Gasteiger partial charge on any atom is -0.338 e. The molecule has 2 aromatic rings. The van der Waals surface area contributed by atoms with Crippen LogP contribution in [0, 0.1) is 12.7 Å². The smallest absolute Gasteiger partial charge is 0.238 e. The summed E-state index contributed by atoms with van der Waals surface area (Å²) in [6.45, 7) is 1.61. The largest absolute Gasteiger partial charge is 0.338 e. The summed E-state index contributed by atoms with van der Waals surface area (Å²) in [6, 6.07) is 4.50. The Kier molecular flexibility index (Phi) is 6.22. The van der Waals surface area contributed by atoms with Crippen molar-refractivity contribution in [3.05, 3.63) is 70.7 Å². The summed E-state index contributed by atoms with van der Waals surface area (Å²) in [6.07, 6.45) is 5.95. The van der Waals surface area contributed by atoms with Crippen molar-refractivity contribution in [2.75, 3.05) is 10.6 Å². The van der Waals surface area contributed by atoms with E-state index in [4.69, 9.17) is 10.3 Å². The Morgan fingerprint density at radius 3 is 2.48 bits per heavy atom. The molecule has 6 N–H and O–H groups in total. The van der Waals surface area contributed by atoms with E-state index in [2.05, 4.69) is 20.6 Å². The summed E-state index contributed by atoms with van der Waals surface area (Å²) in [5, 5.41) is 16.7. The zero-order valence-electron chi connectivity index (χ0n) is 16.2. The number of sulfonamides is 2. The molecule has 3 rings (SSSR count). The van der Waals surface area contributed by atoms with Crippen molar-refractivity contribution in [1.82, 2.24) is 9.97 Å². The van der Waals surface area contributed by atoms with Crippen LogP contribution in [-0.2, 0) is 20.0 Å². The van der Waals surface area contributed by atoms with Crippen LogP contribution >= 0.6 is 0 Å². The topological polar surface area (TPSA) is 170 Å². The van der Waals surface area contributed by atoms with Gasteiger partial charge in [0.1, 0.15) is 0 Å². The number of hydrogen-bond acceptors (Lipinski definition) is 8. The number of nitrogens with two attached hydrogens (primary N) is 2. The van der Waals surface area contributed by atoms with Gasteiger partial charge in [-0.3, -0.25) is 0 Å². The van der Waals surface area contributed by atoms with Crippen LogP contribution in [0.15, 0.2) is 64.2 Å². The molecule has 0 atom stereocenters. The molecule has 0 fully saturated rings. The van der Waals surface area contributed by atoms with Gasteiger partial charge in [0.25, 0.3) is 0 Å². The van der Waals surface area contributed by atoms with Crippen LogP contribution < -0.4 is 20.9 Å². The second kappa shape index (κ2) is 8.55. The summed E-state index contributed by atoms with van der Waals surface area (Å²) in [5.41, 5.74) is 1.79. The number of benzene rings is 1. The van der Waals surface area contributed by atoms with Gasteiger partial charge in [-0.25, -0.2) is 36.5 Å². The highest BCUT2D eigenvalue weighted by Gasteiger charge is 2.14. The molecule has 0 radical (unpaired) electrons. The maximum Gasteiger partial charge on any atom is 0.238 e. The Labute approximate surface area is 178 Å². The predicted octanol–water partition coefficient (Wildman–Crippen LogP) is 1.74. The molecule has 13 heteroatoms. The average Bonchev–Trinajstić information content (AvgIpc) is 2.65. The molecule has 1 heterocycles. The Hall–Kier alpha value is -3.13. The van der Waals surface area contributed by atoms with Gasteiger partial charge in [0.05, 0.1) is 11.1 Å². The van der Waals surface area contributed by atoms with E-state index in [1.54, 1.807) is 31.2 Å². The van der Waals surface area contributed by atoms with Gasteiger partial charge in [-0.05, 0) is 42.7 Å². The highest BCUT2D eigenvalue weighted by molar-refractivity contribution is 7.92. The molecule has 164 valence electrons. The lowest BCUT2D eigenvalue weighted by molar-refractivity contribution is 0.597. The summed E-state index contributed by atoms with van der Waals surface area (Å²) in [7, 11) is -7.67. The van der Waals surface area contributed by atoms with Gasteiger partial charge in [0.2, 0.25) is 26.0 Å². The lowest BCUT2D eigenvalue weighted by Crippen LogP contribution is -2.14. The molecule has 1 aromatic carbocycles. The van der Waals surface area contributed by atoms with Crippen LogP contribution in [0.2, 0.25) is 0 Å². The number of hydrogen-bond donors (Lipinski definition) is 4. The van der Waals surface area contributed by atoms with Crippen molar-refractivity contribution in [3.63, 3.8) is 0 Å². The Bertz CT molecular complexity index is 1330. The Morgan fingerprint density at radius 1 is 1.13 bits per heavy atom. The van der Waals surface area contributed by atoms with Crippen molar-refractivity contribution < 1.29 is 21.2 Å². The van der Waals surface area contributed by atoms with Gasteiger partial charge >= 0.3 is 0 Å². The minimum atomic E-state index is -3.92. The van der Waals surface area contributed by atoms with Gasteiger partial charge in [-0.15, -0.1) is 0 Å². The van der Waals surface area contributed by atoms with Crippen molar-refractivity contribution in [3.8, 4) is 0 Å². The highest BCUT2D eigenvalue weighted by Crippen LogP contribution is 2.23. The number of primary sulfonamides is 2. The third-order valence-corrected chi connectivity index (χ3v) is 5.79. The molecular weight excluding hydrogens is 447 g/mol. The molecule has 0 unspecified atom stereocenters. The van der Waals surface area contributed by atoms with E-state index in [0.717, 1.165) is 11.6 Å². The van der Waals surface area contributed by atoms with Crippen LogP contribution in [0.5, 0.6) is 0 Å². The summed E-state index contributed by atoms with van der Waals surface area (Å²) < 4.78 is 59.8. The fourth-order valence-corrected chi connectivity index (χ4v) is 4.12. The number of allylic oxidation sites excluding steroid dienone is 4.